The van der Waals surface area contributed by atoms with Crippen LogP contribution in [-0.4, -0.2) is 16.9 Å². The summed E-state index contributed by atoms with van der Waals surface area (Å²) in [4.78, 5) is 25.0. The predicted octanol–water partition coefficient (Wildman–Crippen LogP) is 3.11. The van der Waals surface area contributed by atoms with Crippen LogP contribution in [0.5, 0.6) is 0 Å². The van der Waals surface area contributed by atoms with Gasteiger partial charge < -0.3 is 16.4 Å². The summed E-state index contributed by atoms with van der Waals surface area (Å²) in [5.41, 5.74) is 6.91. The molecule has 2 rings (SSSR count). The number of primary amides is 1. The Morgan fingerprint density at radius 2 is 1.96 bits per heavy atom. The van der Waals surface area contributed by atoms with Gasteiger partial charge >= 0.3 is 0 Å². The van der Waals surface area contributed by atoms with Gasteiger partial charge in [-0.15, -0.1) is 11.3 Å². The van der Waals surface area contributed by atoms with Crippen molar-refractivity contribution in [2.75, 3.05) is 5.32 Å². The van der Waals surface area contributed by atoms with Crippen molar-refractivity contribution in [1.29, 1.82) is 0 Å². The normalized spacial score (nSPS) is 15.2. The first-order valence-corrected chi connectivity index (χ1v) is 9.20. The van der Waals surface area contributed by atoms with Crippen molar-refractivity contribution in [3.8, 4) is 0 Å². The lowest BCUT2D eigenvalue weighted by molar-refractivity contribution is -0.124. The fourth-order valence-electron chi connectivity index (χ4n) is 3.07. The molecule has 0 aliphatic heterocycles. The van der Waals surface area contributed by atoms with Crippen molar-refractivity contribution in [2.24, 2.45) is 11.7 Å². The minimum atomic E-state index is -0.477. The highest BCUT2D eigenvalue weighted by Crippen LogP contribution is 2.33. The van der Waals surface area contributed by atoms with Gasteiger partial charge in [0.1, 0.15) is 5.00 Å². The molecule has 0 bridgehead atoms. The van der Waals surface area contributed by atoms with E-state index >= 15 is 0 Å². The van der Waals surface area contributed by atoms with Gasteiger partial charge in [0.25, 0.3) is 5.91 Å². The van der Waals surface area contributed by atoms with Crippen LogP contribution in [0.25, 0.3) is 0 Å². The van der Waals surface area contributed by atoms with E-state index in [1.54, 1.807) is 0 Å². The predicted molar refractivity (Wildman–Crippen MR) is 97.9 cm³/mol. The molecule has 126 valence electrons. The van der Waals surface area contributed by atoms with E-state index in [9.17, 15) is 9.59 Å². The minimum absolute atomic E-state index is 0.0354. The zero-order valence-corrected chi connectivity index (χ0v) is 15.2. The molecule has 0 aromatic carbocycles. The maximum Gasteiger partial charge on any atom is 0.251 e. The van der Waals surface area contributed by atoms with Gasteiger partial charge in [0, 0.05) is 10.8 Å². The Kier molecular flexibility index (Phi) is 6.12. The monoisotopic (exact) mass is 353 g/mol. The minimum Gasteiger partial charge on any atom is -0.365 e. The summed E-state index contributed by atoms with van der Waals surface area (Å²) in [5.74, 6) is -0.475. The number of thiocarbonyl (C=S) groups is 1. The molecule has 2 amide bonds. The molecule has 1 aromatic heterocycles. The molecular weight excluding hydrogens is 330 g/mol. The number of thiophene rings is 1. The molecule has 0 radical (unpaired) electrons. The van der Waals surface area contributed by atoms with Crippen LogP contribution in [0, 0.1) is 12.8 Å². The van der Waals surface area contributed by atoms with E-state index < -0.39 is 5.91 Å². The Balaban J connectivity index is 2.05. The molecule has 7 heteroatoms. The van der Waals surface area contributed by atoms with Crippen molar-refractivity contribution in [3.05, 3.63) is 16.0 Å². The highest BCUT2D eigenvalue weighted by atomic mass is 32.1. The van der Waals surface area contributed by atoms with Crippen LogP contribution in [-0.2, 0) is 11.2 Å². The van der Waals surface area contributed by atoms with E-state index in [1.807, 2.05) is 13.8 Å². The maximum atomic E-state index is 12.2. The Bertz CT molecular complexity index is 619. The van der Waals surface area contributed by atoms with Gasteiger partial charge in [0.05, 0.1) is 5.56 Å². The number of anilines is 1. The van der Waals surface area contributed by atoms with Gasteiger partial charge in [0.15, 0.2) is 5.11 Å². The first-order valence-electron chi connectivity index (χ1n) is 7.98. The van der Waals surface area contributed by atoms with Crippen LogP contribution in [0.4, 0.5) is 5.00 Å². The third kappa shape index (κ3) is 4.29. The number of nitrogens with two attached hydrogens (primary N) is 1. The van der Waals surface area contributed by atoms with E-state index in [4.69, 9.17) is 18.0 Å². The molecule has 1 heterocycles. The fraction of sp³-hybridized carbons (Fsp3) is 0.562. The average Bonchev–Trinajstić information content (AvgIpc) is 2.83. The molecule has 0 atom stereocenters. The Morgan fingerprint density at radius 1 is 1.30 bits per heavy atom. The first-order chi connectivity index (χ1) is 10.9. The molecule has 23 heavy (non-hydrogen) atoms. The third-order valence-corrected chi connectivity index (χ3v) is 5.52. The molecule has 1 aliphatic carbocycles. The molecular formula is C16H23N3O2S2. The number of aryl methyl sites for hydroxylation is 1. The number of rotatable bonds is 4. The second-order valence-corrected chi connectivity index (χ2v) is 7.47. The first kappa shape index (κ1) is 17.9. The van der Waals surface area contributed by atoms with Gasteiger partial charge in [-0.2, -0.15) is 0 Å². The van der Waals surface area contributed by atoms with E-state index in [-0.39, 0.29) is 16.9 Å². The lowest BCUT2D eigenvalue weighted by atomic mass is 9.89. The topological polar surface area (TPSA) is 84.2 Å². The van der Waals surface area contributed by atoms with Gasteiger partial charge in [-0.05, 0) is 44.0 Å². The van der Waals surface area contributed by atoms with Crippen LogP contribution in [0.15, 0.2) is 0 Å². The van der Waals surface area contributed by atoms with E-state index in [2.05, 4.69) is 10.6 Å². The molecule has 1 aliphatic rings. The summed E-state index contributed by atoms with van der Waals surface area (Å²) in [6.45, 7) is 3.93. The van der Waals surface area contributed by atoms with Gasteiger partial charge in [-0.25, -0.2) is 0 Å². The van der Waals surface area contributed by atoms with Crippen molar-refractivity contribution in [1.82, 2.24) is 5.32 Å². The Hall–Kier alpha value is -1.47. The van der Waals surface area contributed by atoms with Crippen LogP contribution in [0.3, 0.4) is 0 Å². The average molecular weight is 354 g/mol. The zero-order valence-electron chi connectivity index (χ0n) is 13.5. The Morgan fingerprint density at radius 3 is 2.52 bits per heavy atom. The number of nitrogens with one attached hydrogen (secondary N) is 2. The number of hydrogen-bond donors (Lipinski definition) is 3. The standard InChI is InChI=1S/C16H23N3O2S2/c1-3-11-9(2)23-15(12(11)13(17)20)19-16(22)18-14(21)10-7-5-4-6-8-10/h10H,3-8H2,1-2H3,(H2,17,20)(H2,18,19,21,22). The van der Waals surface area contributed by atoms with Crippen molar-refractivity contribution >= 4 is 45.5 Å². The maximum absolute atomic E-state index is 12.2. The smallest absolute Gasteiger partial charge is 0.251 e. The lowest BCUT2D eigenvalue weighted by Crippen LogP contribution is -2.39. The summed E-state index contributed by atoms with van der Waals surface area (Å²) in [7, 11) is 0. The summed E-state index contributed by atoms with van der Waals surface area (Å²) < 4.78 is 0. The zero-order chi connectivity index (χ0) is 17.0. The van der Waals surface area contributed by atoms with E-state index in [1.165, 1.54) is 17.8 Å². The number of hydrogen-bond acceptors (Lipinski definition) is 4. The van der Waals surface area contributed by atoms with Crippen molar-refractivity contribution in [3.63, 3.8) is 0 Å². The van der Waals surface area contributed by atoms with Gasteiger partial charge in [0.2, 0.25) is 5.91 Å². The molecule has 0 saturated heterocycles. The van der Waals surface area contributed by atoms with Crippen LogP contribution in [0.1, 0.15) is 59.8 Å². The molecule has 1 aromatic rings. The van der Waals surface area contributed by atoms with Crippen molar-refractivity contribution < 1.29 is 9.59 Å². The third-order valence-electron chi connectivity index (χ3n) is 4.25. The summed E-state index contributed by atoms with van der Waals surface area (Å²) in [5, 5.41) is 6.56. The fourth-order valence-corrected chi connectivity index (χ4v) is 4.49. The quantitative estimate of drug-likeness (QED) is 0.726. The van der Waals surface area contributed by atoms with Crippen LogP contribution < -0.4 is 16.4 Å². The SMILES string of the molecule is CCc1c(C)sc(NC(=S)NC(=O)C2CCCCC2)c1C(N)=O. The molecule has 5 nitrogen and oxygen atoms in total. The number of carbonyl (C=O) groups excluding carboxylic acids is 2. The molecule has 0 unspecified atom stereocenters. The van der Waals surface area contributed by atoms with E-state index in [0.717, 1.165) is 42.5 Å². The number of amides is 2. The summed E-state index contributed by atoms with van der Waals surface area (Å²) in [6, 6.07) is 0. The highest BCUT2D eigenvalue weighted by Gasteiger charge is 2.23. The van der Waals surface area contributed by atoms with Crippen LogP contribution >= 0.6 is 23.6 Å². The molecule has 4 N–H and O–H groups in total. The molecule has 1 fully saturated rings. The summed E-state index contributed by atoms with van der Waals surface area (Å²) >= 11 is 6.66. The van der Waals surface area contributed by atoms with Crippen molar-refractivity contribution in [2.45, 2.75) is 52.4 Å². The summed E-state index contributed by atoms with van der Waals surface area (Å²) in [6.07, 6.45) is 5.94. The van der Waals surface area contributed by atoms with Crippen LogP contribution in [0.2, 0.25) is 0 Å². The lowest BCUT2D eigenvalue weighted by Gasteiger charge is -2.21. The van der Waals surface area contributed by atoms with E-state index in [0.29, 0.717) is 10.6 Å². The largest absolute Gasteiger partial charge is 0.365 e. The molecule has 1 saturated carbocycles. The second-order valence-electron chi connectivity index (χ2n) is 5.84. The molecule has 0 spiro atoms. The second kappa shape index (κ2) is 7.88. The Labute approximate surface area is 146 Å². The van der Waals surface area contributed by atoms with Gasteiger partial charge in [-0.1, -0.05) is 26.2 Å². The highest BCUT2D eigenvalue weighted by molar-refractivity contribution is 7.80. The number of carbonyl (C=O) groups is 2. The van der Waals surface area contributed by atoms with Gasteiger partial charge in [-0.3, -0.25) is 9.59 Å².